The summed E-state index contributed by atoms with van der Waals surface area (Å²) in [4.78, 5) is 1.27. The molecule has 134 valence electrons. The Morgan fingerprint density at radius 1 is 0.704 bits per heavy atom. The Morgan fingerprint density at radius 3 is 2.00 bits per heavy atom. The summed E-state index contributed by atoms with van der Waals surface area (Å²) in [5.74, 6) is 1.74. The van der Waals surface area contributed by atoms with Gasteiger partial charge >= 0.3 is 0 Å². The van der Waals surface area contributed by atoms with Crippen LogP contribution < -0.4 is 9.47 Å². The van der Waals surface area contributed by atoms with Crippen molar-refractivity contribution in [1.82, 2.24) is 0 Å². The van der Waals surface area contributed by atoms with Crippen LogP contribution in [0.5, 0.6) is 11.5 Å². The van der Waals surface area contributed by atoms with Gasteiger partial charge in [0.05, 0.1) is 14.2 Å². The average Bonchev–Trinajstić information content (AvgIpc) is 3.11. The SMILES string of the molecule is COc1ccc(C=Cc2c(-c3ccc(OC)cc3)sc3ccccc23)cc1. The molecule has 0 bridgehead atoms. The second-order valence-corrected chi connectivity index (χ2v) is 7.23. The lowest BCUT2D eigenvalue weighted by atomic mass is 10.0. The van der Waals surface area contributed by atoms with Gasteiger partial charge in [-0.15, -0.1) is 11.3 Å². The smallest absolute Gasteiger partial charge is 0.118 e. The van der Waals surface area contributed by atoms with Crippen LogP contribution in [0.4, 0.5) is 0 Å². The Kier molecular flexibility index (Phi) is 4.95. The third-order valence-electron chi connectivity index (χ3n) is 4.54. The maximum absolute atomic E-state index is 5.30. The van der Waals surface area contributed by atoms with Gasteiger partial charge in [-0.25, -0.2) is 0 Å². The van der Waals surface area contributed by atoms with Crippen LogP contribution in [0.3, 0.4) is 0 Å². The summed E-state index contributed by atoms with van der Waals surface area (Å²) in [6, 6.07) is 24.9. The van der Waals surface area contributed by atoms with Gasteiger partial charge in [0.15, 0.2) is 0 Å². The third-order valence-corrected chi connectivity index (χ3v) is 5.78. The highest BCUT2D eigenvalue weighted by molar-refractivity contribution is 7.22. The van der Waals surface area contributed by atoms with Crippen molar-refractivity contribution in [1.29, 1.82) is 0 Å². The molecule has 3 aromatic carbocycles. The second-order valence-electron chi connectivity index (χ2n) is 6.18. The highest BCUT2D eigenvalue weighted by atomic mass is 32.1. The molecular formula is C24H20O2S. The van der Waals surface area contributed by atoms with Crippen molar-refractivity contribution in [3.05, 3.63) is 83.9 Å². The number of hydrogen-bond acceptors (Lipinski definition) is 3. The van der Waals surface area contributed by atoms with Crippen molar-refractivity contribution < 1.29 is 9.47 Å². The zero-order valence-electron chi connectivity index (χ0n) is 15.3. The molecule has 0 fully saturated rings. The molecule has 0 N–H and O–H groups in total. The lowest BCUT2D eigenvalue weighted by Crippen LogP contribution is -1.83. The van der Waals surface area contributed by atoms with E-state index in [1.807, 2.05) is 35.6 Å². The average molecular weight is 372 g/mol. The van der Waals surface area contributed by atoms with Gasteiger partial charge < -0.3 is 9.47 Å². The molecule has 0 spiro atoms. The summed E-state index contributed by atoms with van der Waals surface area (Å²) < 4.78 is 11.8. The largest absolute Gasteiger partial charge is 0.497 e. The van der Waals surface area contributed by atoms with Gasteiger partial charge in [-0.1, -0.05) is 42.5 Å². The normalized spacial score (nSPS) is 11.2. The van der Waals surface area contributed by atoms with Crippen LogP contribution >= 0.6 is 11.3 Å². The number of methoxy groups -OCH3 is 2. The third kappa shape index (κ3) is 3.60. The fraction of sp³-hybridized carbons (Fsp3) is 0.0833. The van der Waals surface area contributed by atoms with Crippen LogP contribution in [0.15, 0.2) is 72.8 Å². The second kappa shape index (κ2) is 7.68. The zero-order valence-corrected chi connectivity index (χ0v) is 16.1. The number of ether oxygens (including phenoxy) is 2. The summed E-state index contributed by atoms with van der Waals surface area (Å²) in [5, 5.41) is 1.28. The molecule has 0 amide bonds. The Balaban J connectivity index is 1.78. The Morgan fingerprint density at radius 2 is 1.33 bits per heavy atom. The molecule has 0 aliphatic carbocycles. The standard InChI is InChI=1S/C24H20O2S/c1-25-19-12-7-17(8-13-19)9-16-22-21-5-3-4-6-23(21)27-24(22)18-10-14-20(26-2)15-11-18/h3-16H,1-2H3. The molecule has 0 saturated heterocycles. The molecule has 0 unspecified atom stereocenters. The van der Waals surface area contributed by atoms with Gasteiger partial charge in [0, 0.05) is 20.5 Å². The first-order valence-electron chi connectivity index (χ1n) is 8.76. The number of hydrogen-bond donors (Lipinski definition) is 0. The summed E-state index contributed by atoms with van der Waals surface area (Å²) in [5.41, 5.74) is 3.59. The van der Waals surface area contributed by atoms with E-state index < -0.39 is 0 Å². The molecule has 4 aromatic rings. The molecule has 0 aliphatic heterocycles. The zero-order chi connectivity index (χ0) is 18.6. The van der Waals surface area contributed by atoms with Crippen molar-refractivity contribution in [2.75, 3.05) is 14.2 Å². The molecule has 2 nitrogen and oxygen atoms in total. The fourth-order valence-electron chi connectivity index (χ4n) is 3.08. The topological polar surface area (TPSA) is 18.5 Å². The van der Waals surface area contributed by atoms with Crippen LogP contribution in [0.1, 0.15) is 11.1 Å². The van der Waals surface area contributed by atoms with E-state index in [1.54, 1.807) is 14.2 Å². The Bertz CT molecular complexity index is 1070. The number of thiophene rings is 1. The monoisotopic (exact) mass is 372 g/mol. The molecule has 0 aliphatic rings. The van der Waals surface area contributed by atoms with Gasteiger partial charge in [-0.05, 0) is 53.6 Å². The van der Waals surface area contributed by atoms with E-state index in [2.05, 4.69) is 60.7 Å². The predicted octanol–water partition coefficient (Wildman–Crippen LogP) is 6.76. The van der Waals surface area contributed by atoms with Gasteiger partial charge in [-0.3, -0.25) is 0 Å². The van der Waals surface area contributed by atoms with Crippen molar-refractivity contribution in [3.8, 4) is 21.9 Å². The predicted molar refractivity (Wildman–Crippen MR) is 116 cm³/mol. The first kappa shape index (κ1) is 17.4. The molecule has 0 radical (unpaired) electrons. The molecular weight excluding hydrogens is 352 g/mol. The first-order valence-corrected chi connectivity index (χ1v) is 9.58. The van der Waals surface area contributed by atoms with E-state index in [0.29, 0.717) is 0 Å². The highest BCUT2D eigenvalue weighted by Crippen LogP contribution is 2.40. The van der Waals surface area contributed by atoms with E-state index in [9.17, 15) is 0 Å². The summed E-state index contributed by atoms with van der Waals surface area (Å²) in [7, 11) is 3.38. The minimum absolute atomic E-state index is 0.868. The maximum Gasteiger partial charge on any atom is 0.118 e. The molecule has 1 aromatic heterocycles. The minimum atomic E-state index is 0.868. The van der Waals surface area contributed by atoms with E-state index >= 15 is 0 Å². The van der Waals surface area contributed by atoms with Crippen LogP contribution in [-0.4, -0.2) is 14.2 Å². The lowest BCUT2D eigenvalue weighted by Gasteiger charge is -2.04. The summed E-state index contributed by atoms with van der Waals surface area (Å²) in [6.45, 7) is 0. The maximum atomic E-state index is 5.30. The first-order chi connectivity index (χ1) is 13.3. The van der Waals surface area contributed by atoms with Gasteiger partial charge in [-0.2, -0.15) is 0 Å². The minimum Gasteiger partial charge on any atom is -0.497 e. The van der Waals surface area contributed by atoms with Gasteiger partial charge in [0.1, 0.15) is 11.5 Å². The van der Waals surface area contributed by atoms with Crippen LogP contribution in [-0.2, 0) is 0 Å². The van der Waals surface area contributed by atoms with Crippen molar-refractivity contribution in [2.24, 2.45) is 0 Å². The quantitative estimate of drug-likeness (QED) is 0.385. The molecule has 1 heterocycles. The summed E-state index contributed by atoms with van der Waals surface area (Å²) in [6.07, 6.45) is 4.36. The van der Waals surface area contributed by atoms with Gasteiger partial charge in [0.25, 0.3) is 0 Å². The highest BCUT2D eigenvalue weighted by Gasteiger charge is 2.11. The van der Waals surface area contributed by atoms with Gasteiger partial charge in [0.2, 0.25) is 0 Å². The lowest BCUT2D eigenvalue weighted by molar-refractivity contribution is 0.414. The number of fused-ring (bicyclic) bond motifs is 1. The molecule has 4 rings (SSSR count). The fourth-order valence-corrected chi connectivity index (χ4v) is 4.28. The number of benzene rings is 3. The van der Waals surface area contributed by atoms with Crippen molar-refractivity contribution in [3.63, 3.8) is 0 Å². The van der Waals surface area contributed by atoms with Crippen molar-refractivity contribution >= 4 is 33.6 Å². The van der Waals surface area contributed by atoms with E-state index in [4.69, 9.17) is 9.47 Å². The van der Waals surface area contributed by atoms with Crippen LogP contribution in [0.25, 0.3) is 32.7 Å². The Labute approximate surface area is 163 Å². The van der Waals surface area contributed by atoms with Crippen molar-refractivity contribution in [2.45, 2.75) is 0 Å². The van der Waals surface area contributed by atoms with E-state index in [-0.39, 0.29) is 0 Å². The van der Waals surface area contributed by atoms with E-state index in [1.165, 1.54) is 26.1 Å². The number of rotatable bonds is 5. The molecule has 3 heteroatoms. The molecule has 0 atom stereocenters. The van der Waals surface area contributed by atoms with Crippen LogP contribution in [0.2, 0.25) is 0 Å². The summed E-state index contributed by atoms with van der Waals surface area (Å²) >= 11 is 1.82. The van der Waals surface area contributed by atoms with Crippen LogP contribution in [0, 0.1) is 0 Å². The van der Waals surface area contributed by atoms with E-state index in [0.717, 1.165) is 17.1 Å². The molecule has 0 saturated carbocycles. The molecule has 27 heavy (non-hydrogen) atoms. The Hall–Kier alpha value is -3.04.